The quantitative estimate of drug-likeness (QED) is 0.671. The smallest absolute Gasteiger partial charge is 0.326 e. The molecule has 98 valence electrons. The van der Waals surface area contributed by atoms with Crippen molar-refractivity contribution in [3.63, 3.8) is 0 Å². The van der Waals surface area contributed by atoms with Gasteiger partial charge in [-0.1, -0.05) is 12.8 Å². The SMILES string of the molecule is CC(C)OCCC(=O)NC(CC1CC1)C(=O)O. The summed E-state index contributed by atoms with van der Waals surface area (Å²) in [5.74, 6) is -0.725. The van der Waals surface area contributed by atoms with Crippen LogP contribution >= 0.6 is 0 Å². The minimum absolute atomic E-state index is 0.0875. The van der Waals surface area contributed by atoms with E-state index in [2.05, 4.69) is 5.32 Å². The van der Waals surface area contributed by atoms with E-state index in [0.717, 1.165) is 12.8 Å². The summed E-state index contributed by atoms with van der Waals surface area (Å²) in [4.78, 5) is 22.4. The standard InChI is InChI=1S/C12H21NO4/c1-8(2)17-6-5-11(14)13-10(12(15)16)7-9-3-4-9/h8-10H,3-7H2,1-2H3,(H,13,14)(H,15,16). The Balaban J connectivity index is 2.23. The second-order valence-electron chi connectivity index (χ2n) is 4.81. The Kier molecular flexibility index (Phi) is 5.41. The van der Waals surface area contributed by atoms with Crippen LogP contribution in [0.4, 0.5) is 0 Å². The summed E-state index contributed by atoms with van der Waals surface area (Å²) in [6.07, 6.45) is 3.01. The van der Waals surface area contributed by atoms with Gasteiger partial charge in [0.25, 0.3) is 0 Å². The Morgan fingerprint density at radius 3 is 2.53 bits per heavy atom. The Hall–Kier alpha value is -1.10. The topological polar surface area (TPSA) is 75.6 Å². The number of amides is 1. The maximum atomic E-state index is 11.5. The van der Waals surface area contributed by atoms with E-state index in [-0.39, 0.29) is 18.4 Å². The van der Waals surface area contributed by atoms with Crippen LogP contribution in [0.3, 0.4) is 0 Å². The number of rotatable bonds is 8. The van der Waals surface area contributed by atoms with E-state index in [9.17, 15) is 9.59 Å². The molecule has 0 aromatic rings. The zero-order valence-electron chi connectivity index (χ0n) is 10.4. The molecule has 0 heterocycles. The second kappa shape index (κ2) is 6.59. The third kappa shape index (κ3) is 6.26. The highest BCUT2D eigenvalue weighted by Crippen LogP contribution is 2.33. The number of carboxylic acids is 1. The van der Waals surface area contributed by atoms with Crippen LogP contribution < -0.4 is 5.32 Å². The van der Waals surface area contributed by atoms with Gasteiger partial charge < -0.3 is 15.2 Å². The van der Waals surface area contributed by atoms with Crippen molar-refractivity contribution in [2.45, 2.75) is 51.7 Å². The fourth-order valence-corrected chi connectivity index (χ4v) is 1.56. The molecule has 0 spiro atoms. The molecule has 1 fully saturated rings. The normalized spacial score (nSPS) is 16.9. The second-order valence-corrected chi connectivity index (χ2v) is 4.81. The number of aliphatic carboxylic acids is 1. The van der Waals surface area contributed by atoms with Gasteiger partial charge in [-0.15, -0.1) is 0 Å². The predicted octanol–water partition coefficient (Wildman–Crippen LogP) is 1.17. The first-order valence-electron chi connectivity index (χ1n) is 6.12. The largest absolute Gasteiger partial charge is 0.480 e. The third-order valence-electron chi connectivity index (χ3n) is 2.68. The molecule has 0 aliphatic heterocycles. The molecule has 0 radical (unpaired) electrons. The summed E-state index contributed by atoms with van der Waals surface area (Å²) < 4.78 is 5.24. The van der Waals surface area contributed by atoms with E-state index in [1.807, 2.05) is 13.8 Å². The highest BCUT2D eigenvalue weighted by molar-refractivity contribution is 5.83. The Morgan fingerprint density at radius 2 is 2.06 bits per heavy atom. The predicted molar refractivity (Wildman–Crippen MR) is 62.6 cm³/mol. The molecule has 1 aliphatic carbocycles. The zero-order chi connectivity index (χ0) is 12.8. The summed E-state index contributed by atoms with van der Waals surface area (Å²) in [7, 11) is 0. The highest BCUT2D eigenvalue weighted by atomic mass is 16.5. The number of carbonyl (C=O) groups is 2. The molecule has 1 rings (SSSR count). The summed E-state index contributed by atoms with van der Waals surface area (Å²) >= 11 is 0. The lowest BCUT2D eigenvalue weighted by molar-refractivity contribution is -0.142. The number of hydrogen-bond donors (Lipinski definition) is 2. The van der Waals surface area contributed by atoms with Crippen molar-refractivity contribution in [3.8, 4) is 0 Å². The molecular weight excluding hydrogens is 222 g/mol. The number of ether oxygens (including phenoxy) is 1. The molecule has 0 aromatic carbocycles. The first kappa shape index (κ1) is 14.0. The van der Waals surface area contributed by atoms with Gasteiger partial charge in [0.05, 0.1) is 12.7 Å². The van der Waals surface area contributed by atoms with Gasteiger partial charge in [0.1, 0.15) is 6.04 Å². The lowest BCUT2D eigenvalue weighted by atomic mass is 10.1. The van der Waals surface area contributed by atoms with Gasteiger partial charge in [0, 0.05) is 6.42 Å². The van der Waals surface area contributed by atoms with Crippen LogP contribution in [0.5, 0.6) is 0 Å². The van der Waals surface area contributed by atoms with Crippen molar-refractivity contribution in [3.05, 3.63) is 0 Å². The molecule has 0 aromatic heterocycles. The van der Waals surface area contributed by atoms with Crippen LogP contribution in [0.1, 0.15) is 39.5 Å². The van der Waals surface area contributed by atoms with Gasteiger partial charge in [-0.2, -0.15) is 0 Å². The van der Waals surface area contributed by atoms with E-state index in [4.69, 9.17) is 9.84 Å². The van der Waals surface area contributed by atoms with E-state index >= 15 is 0 Å². The first-order valence-corrected chi connectivity index (χ1v) is 6.12. The van der Waals surface area contributed by atoms with Crippen LogP contribution in [-0.2, 0) is 14.3 Å². The average molecular weight is 243 g/mol. The minimum atomic E-state index is -0.949. The lowest BCUT2D eigenvalue weighted by Crippen LogP contribution is -2.41. The van der Waals surface area contributed by atoms with Gasteiger partial charge in [-0.25, -0.2) is 4.79 Å². The molecule has 1 atom stereocenters. The summed E-state index contributed by atoms with van der Waals surface area (Å²) in [5, 5.41) is 11.5. The van der Waals surface area contributed by atoms with E-state index in [0.29, 0.717) is 18.9 Å². The van der Waals surface area contributed by atoms with E-state index < -0.39 is 12.0 Å². The van der Waals surface area contributed by atoms with E-state index in [1.165, 1.54) is 0 Å². The van der Waals surface area contributed by atoms with Crippen molar-refractivity contribution in [2.75, 3.05) is 6.61 Å². The molecule has 1 amide bonds. The molecule has 1 aliphatic rings. The van der Waals surface area contributed by atoms with Gasteiger partial charge in [-0.05, 0) is 26.2 Å². The van der Waals surface area contributed by atoms with Gasteiger partial charge in [0.15, 0.2) is 0 Å². The van der Waals surface area contributed by atoms with Gasteiger partial charge in [-0.3, -0.25) is 4.79 Å². The number of carboxylic acid groups (broad SMARTS) is 1. The maximum Gasteiger partial charge on any atom is 0.326 e. The van der Waals surface area contributed by atoms with Gasteiger partial charge in [0.2, 0.25) is 5.91 Å². The van der Waals surface area contributed by atoms with Crippen LogP contribution in [0.15, 0.2) is 0 Å². The average Bonchev–Trinajstić information content (AvgIpc) is 2.99. The summed E-state index contributed by atoms with van der Waals surface area (Å²) in [6, 6.07) is -0.742. The fraction of sp³-hybridized carbons (Fsp3) is 0.833. The lowest BCUT2D eigenvalue weighted by Gasteiger charge is -2.14. The summed E-state index contributed by atoms with van der Waals surface area (Å²) in [5.41, 5.74) is 0. The molecule has 0 saturated heterocycles. The van der Waals surface area contributed by atoms with Crippen LogP contribution in [0.2, 0.25) is 0 Å². The van der Waals surface area contributed by atoms with Crippen molar-refractivity contribution in [2.24, 2.45) is 5.92 Å². The van der Waals surface area contributed by atoms with Crippen LogP contribution in [0.25, 0.3) is 0 Å². The number of nitrogens with one attached hydrogen (secondary N) is 1. The molecule has 2 N–H and O–H groups in total. The molecule has 1 unspecified atom stereocenters. The molecule has 5 nitrogen and oxygen atoms in total. The molecule has 0 bridgehead atoms. The molecule has 5 heteroatoms. The number of carbonyl (C=O) groups excluding carboxylic acids is 1. The van der Waals surface area contributed by atoms with Crippen molar-refractivity contribution in [1.82, 2.24) is 5.32 Å². The summed E-state index contributed by atoms with van der Waals surface area (Å²) in [6.45, 7) is 4.12. The van der Waals surface area contributed by atoms with Crippen LogP contribution in [-0.4, -0.2) is 35.7 Å². The van der Waals surface area contributed by atoms with Gasteiger partial charge >= 0.3 is 5.97 Å². The first-order chi connectivity index (χ1) is 7.99. The fourth-order valence-electron chi connectivity index (χ4n) is 1.56. The maximum absolute atomic E-state index is 11.5. The van der Waals surface area contributed by atoms with Crippen molar-refractivity contribution >= 4 is 11.9 Å². The third-order valence-corrected chi connectivity index (χ3v) is 2.68. The zero-order valence-corrected chi connectivity index (χ0v) is 10.4. The monoisotopic (exact) mass is 243 g/mol. The van der Waals surface area contributed by atoms with E-state index in [1.54, 1.807) is 0 Å². The minimum Gasteiger partial charge on any atom is -0.480 e. The Morgan fingerprint density at radius 1 is 1.41 bits per heavy atom. The molecule has 17 heavy (non-hydrogen) atoms. The Labute approximate surface area is 102 Å². The number of hydrogen-bond acceptors (Lipinski definition) is 3. The van der Waals surface area contributed by atoms with Crippen LogP contribution in [0, 0.1) is 5.92 Å². The molecular formula is C12H21NO4. The van der Waals surface area contributed by atoms with Crippen molar-refractivity contribution in [1.29, 1.82) is 0 Å². The Bertz CT molecular complexity index is 274. The molecule has 1 saturated carbocycles. The highest BCUT2D eigenvalue weighted by Gasteiger charge is 2.29. The van der Waals surface area contributed by atoms with Crippen molar-refractivity contribution < 1.29 is 19.4 Å².